The molecule has 0 amide bonds. The highest BCUT2D eigenvalue weighted by atomic mass is 35.5. The monoisotopic (exact) mass is 420 g/mol. The SMILES string of the molecule is COc1cc2nccc(C3CCC4(CC3)C[C@@H]4C(=O)Cc3ccc(Cl)cc3)c2cn1. The van der Waals surface area contributed by atoms with Crippen LogP contribution in [0.3, 0.4) is 0 Å². The number of rotatable bonds is 5. The number of nitrogens with zero attached hydrogens (tertiary/aromatic N) is 2. The average Bonchev–Trinajstić information content (AvgIpc) is 3.48. The van der Waals surface area contributed by atoms with Gasteiger partial charge in [-0.2, -0.15) is 0 Å². The number of hydrogen-bond acceptors (Lipinski definition) is 4. The van der Waals surface area contributed by atoms with Crippen LogP contribution in [0.5, 0.6) is 5.88 Å². The van der Waals surface area contributed by atoms with Crippen molar-refractivity contribution in [3.05, 3.63) is 64.9 Å². The molecule has 1 spiro atoms. The van der Waals surface area contributed by atoms with E-state index in [4.69, 9.17) is 16.3 Å². The number of benzene rings is 1. The molecule has 0 N–H and O–H groups in total. The normalized spacial score (nSPS) is 25.4. The van der Waals surface area contributed by atoms with Gasteiger partial charge in [0.25, 0.3) is 0 Å². The van der Waals surface area contributed by atoms with Crippen LogP contribution in [0.2, 0.25) is 5.02 Å². The Morgan fingerprint density at radius 2 is 1.93 bits per heavy atom. The predicted octanol–water partition coefficient (Wildman–Crippen LogP) is 5.77. The molecular formula is C25H25ClN2O2. The van der Waals surface area contributed by atoms with E-state index in [-0.39, 0.29) is 11.3 Å². The van der Waals surface area contributed by atoms with Gasteiger partial charge in [0.15, 0.2) is 0 Å². The van der Waals surface area contributed by atoms with E-state index in [1.165, 1.54) is 5.56 Å². The fourth-order valence-corrected chi connectivity index (χ4v) is 5.42. The number of ether oxygens (including phenoxy) is 1. The molecule has 1 aromatic carbocycles. The number of carbonyl (C=O) groups excluding carboxylic acids is 1. The highest BCUT2D eigenvalue weighted by molar-refractivity contribution is 6.30. The van der Waals surface area contributed by atoms with E-state index in [2.05, 4.69) is 16.0 Å². The first-order valence-corrected chi connectivity index (χ1v) is 11.0. The zero-order chi connectivity index (χ0) is 20.7. The number of carbonyl (C=O) groups is 1. The summed E-state index contributed by atoms with van der Waals surface area (Å²) in [6.07, 6.45) is 9.85. The van der Waals surface area contributed by atoms with Gasteiger partial charge in [-0.1, -0.05) is 23.7 Å². The third kappa shape index (κ3) is 3.58. The van der Waals surface area contributed by atoms with E-state index in [0.29, 0.717) is 29.0 Å². The number of ketones is 1. The summed E-state index contributed by atoms with van der Waals surface area (Å²) in [7, 11) is 1.62. The summed E-state index contributed by atoms with van der Waals surface area (Å²) in [6.45, 7) is 0. The van der Waals surface area contributed by atoms with Crippen LogP contribution in [0.25, 0.3) is 10.9 Å². The minimum Gasteiger partial charge on any atom is -0.481 e. The molecule has 1 atom stereocenters. The average molecular weight is 421 g/mol. The van der Waals surface area contributed by atoms with E-state index < -0.39 is 0 Å². The summed E-state index contributed by atoms with van der Waals surface area (Å²) in [5, 5.41) is 1.83. The van der Waals surface area contributed by atoms with Gasteiger partial charge in [0.1, 0.15) is 5.78 Å². The minimum atomic E-state index is 0.231. The van der Waals surface area contributed by atoms with Gasteiger partial charge in [0.2, 0.25) is 5.88 Å². The fourth-order valence-electron chi connectivity index (χ4n) is 5.30. The minimum absolute atomic E-state index is 0.231. The highest BCUT2D eigenvalue weighted by Gasteiger charge is 2.57. The lowest BCUT2D eigenvalue weighted by Crippen LogP contribution is -2.20. The molecule has 0 radical (unpaired) electrons. The Morgan fingerprint density at radius 3 is 2.67 bits per heavy atom. The lowest BCUT2D eigenvalue weighted by atomic mass is 9.75. The van der Waals surface area contributed by atoms with Crippen molar-refractivity contribution in [2.45, 2.75) is 44.4 Å². The predicted molar refractivity (Wildman–Crippen MR) is 118 cm³/mol. The largest absolute Gasteiger partial charge is 0.481 e. The Hall–Kier alpha value is -2.46. The second-order valence-electron chi connectivity index (χ2n) is 8.81. The van der Waals surface area contributed by atoms with E-state index in [9.17, 15) is 4.79 Å². The zero-order valence-electron chi connectivity index (χ0n) is 17.1. The number of methoxy groups -OCH3 is 1. The van der Waals surface area contributed by atoms with Crippen molar-refractivity contribution >= 4 is 28.3 Å². The van der Waals surface area contributed by atoms with Gasteiger partial charge in [-0.15, -0.1) is 0 Å². The van der Waals surface area contributed by atoms with E-state index in [1.807, 2.05) is 42.7 Å². The second kappa shape index (κ2) is 7.66. The van der Waals surface area contributed by atoms with Crippen molar-refractivity contribution in [1.29, 1.82) is 0 Å². The lowest BCUT2D eigenvalue weighted by Gasteiger charge is -2.30. The van der Waals surface area contributed by atoms with Crippen molar-refractivity contribution in [2.24, 2.45) is 11.3 Å². The zero-order valence-corrected chi connectivity index (χ0v) is 17.9. The van der Waals surface area contributed by atoms with Gasteiger partial charge >= 0.3 is 0 Å². The first kappa shape index (κ1) is 19.5. The van der Waals surface area contributed by atoms with E-state index >= 15 is 0 Å². The van der Waals surface area contributed by atoms with Crippen LogP contribution in [0.4, 0.5) is 0 Å². The molecule has 2 aliphatic carbocycles. The Kier molecular flexibility index (Phi) is 4.98. The number of fused-ring (bicyclic) bond motifs is 1. The first-order chi connectivity index (χ1) is 14.6. The molecule has 5 rings (SSSR count). The topological polar surface area (TPSA) is 52.1 Å². The van der Waals surface area contributed by atoms with Gasteiger partial charge in [-0.25, -0.2) is 4.98 Å². The molecule has 2 fully saturated rings. The second-order valence-corrected chi connectivity index (χ2v) is 9.24. The maximum Gasteiger partial charge on any atom is 0.215 e. The van der Waals surface area contributed by atoms with Gasteiger partial charge in [-0.3, -0.25) is 9.78 Å². The molecule has 2 heterocycles. The summed E-state index contributed by atoms with van der Waals surface area (Å²) in [5.41, 5.74) is 3.56. The molecule has 2 saturated carbocycles. The fraction of sp³-hybridized carbons (Fsp3) is 0.400. The Morgan fingerprint density at radius 1 is 1.17 bits per heavy atom. The Labute approximate surface area is 181 Å². The summed E-state index contributed by atoms with van der Waals surface area (Å²) in [5.74, 6) is 1.72. The van der Waals surface area contributed by atoms with Gasteiger partial charge in [-0.05, 0) is 72.8 Å². The molecule has 3 aromatic rings. The maximum absolute atomic E-state index is 12.9. The Balaban J connectivity index is 1.25. The molecule has 0 unspecified atom stereocenters. The smallest absolute Gasteiger partial charge is 0.215 e. The molecule has 5 heteroatoms. The van der Waals surface area contributed by atoms with Crippen molar-refractivity contribution in [1.82, 2.24) is 9.97 Å². The standard InChI is InChI=1S/C25H25ClN2O2/c1-30-24-13-22-20(15-28-24)19(8-11-27-22)17-6-9-25(10-7-17)14-21(25)23(29)12-16-2-4-18(26)5-3-16/h2-5,8,11,13,15,17,21H,6-7,9-10,12,14H2,1H3/t17?,21-,25?/m1/s1. The van der Waals surface area contributed by atoms with Crippen molar-refractivity contribution in [2.75, 3.05) is 7.11 Å². The lowest BCUT2D eigenvalue weighted by molar-refractivity contribution is -0.120. The van der Waals surface area contributed by atoms with Crippen LogP contribution in [0, 0.1) is 11.3 Å². The van der Waals surface area contributed by atoms with Gasteiger partial charge in [0.05, 0.1) is 12.6 Å². The molecule has 2 aromatic heterocycles. The number of pyridine rings is 2. The van der Waals surface area contributed by atoms with Crippen LogP contribution in [-0.2, 0) is 11.2 Å². The van der Waals surface area contributed by atoms with Crippen LogP contribution in [-0.4, -0.2) is 22.9 Å². The molecule has 30 heavy (non-hydrogen) atoms. The van der Waals surface area contributed by atoms with Gasteiger partial charge < -0.3 is 4.74 Å². The molecule has 0 bridgehead atoms. The third-order valence-corrected chi connectivity index (χ3v) is 7.39. The Bertz CT molecular complexity index is 1090. The number of hydrogen-bond donors (Lipinski definition) is 0. The molecule has 4 nitrogen and oxygen atoms in total. The van der Waals surface area contributed by atoms with E-state index in [0.717, 1.165) is 48.6 Å². The molecule has 0 saturated heterocycles. The van der Waals surface area contributed by atoms with Crippen LogP contribution in [0.15, 0.2) is 48.8 Å². The summed E-state index contributed by atoms with van der Waals surface area (Å²) in [4.78, 5) is 21.7. The summed E-state index contributed by atoms with van der Waals surface area (Å²) in [6, 6.07) is 11.7. The molecule has 2 aliphatic rings. The quantitative estimate of drug-likeness (QED) is 0.526. The van der Waals surface area contributed by atoms with Gasteiger partial charge in [0, 0.05) is 41.2 Å². The van der Waals surface area contributed by atoms with Crippen molar-refractivity contribution in [3.8, 4) is 5.88 Å². The molecule has 154 valence electrons. The van der Waals surface area contributed by atoms with Crippen molar-refractivity contribution < 1.29 is 9.53 Å². The van der Waals surface area contributed by atoms with Crippen LogP contribution >= 0.6 is 11.6 Å². The maximum atomic E-state index is 12.9. The molecule has 0 aliphatic heterocycles. The van der Waals surface area contributed by atoms with Crippen LogP contribution < -0.4 is 4.74 Å². The third-order valence-electron chi connectivity index (χ3n) is 7.14. The number of Topliss-reactive ketones (excluding diaryl/α,β-unsaturated/α-hetero) is 1. The summed E-state index contributed by atoms with van der Waals surface area (Å²) >= 11 is 5.96. The van der Waals surface area contributed by atoms with E-state index in [1.54, 1.807) is 7.11 Å². The first-order valence-electron chi connectivity index (χ1n) is 10.6. The summed E-state index contributed by atoms with van der Waals surface area (Å²) < 4.78 is 5.24. The van der Waals surface area contributed by atoms with Crippen LogP contribution in [0.1, 0.15) is 49.1 Å². The van der Waals surface area contributed by atoms with Crippen molar-refractivity contribution in [3.63, 3.8) is 0 Å². The number of aromatic nitrogens is 2. The molecular weight excluding hydrogens is 396 g/mol. The highest BCUT2D eigenvalue weighted by Crippen LogP contribution is 2.63. The number of halogens is 1.